The van der Waals surface area contributed by atoms with Gasteiger partial charge < -0.3 is 10.6 Å². The van der Waals surface area contributed by atoms with Gasteiger partial charge in [-0.1, -0.05) is 44.2 Å². The second-order valence-corrected chi connectivity index (χ2v) is 9.84. The number of rotatable bonds is 8. The lowest BCUT2D eigenvalue weighted by molar-refractivity contribution is -0.123. The molecule has 0 fully saturated rings. The summed E-state index contributed by atoms with van der Waals surface area (Å²) in [5, 5.41) is 8.76. The van der Waals surface area contributed by atoms with Crippen molar-refractivity contribution in [3.63, 3.8) is 0 Å². The van der Waals surface area contributed by atoms with Gasteiger partial charge in [-0.05, 0) is 34.4 Å². The number of anilines is 1. The van der Waals surface area contributed by atoms with Crippen LogP contribution in [0.25, 0.3) is 10.8 Å². The number of amides is 2. The van der Waals surface area contributed by atoms with E-state index in [9.17, 15) is 18.0 Å². The van der Waals surface area contributed by atoms with Gasteiger partial charge in [-0.2, -0.15) is 0 Å². The van der Waals surface area contributed by atoms with Crippen LogP contribution in [0.1, 0.15) is 24.2 Å². The van der Waals surface area contributed by atoms with Crippen LogP contribution in [0.2, 0.25) is 0 Å². The zero-order valence-electron chi connectivity index (χ0n) is 16.6. The normalized spacial score (nSPS) is 11.4. The van der Waals surface area contributed by atoms with E-state index in [4.69, 9.17) is 0 Å². The average Bonchev–Trinajstić information content (AvgIpc) is 3.26. The van der Waals surface area contributed by atoms with Gasteiger partial charge in [0.15, 0.2) is 0 Å². The monoisotopic (exact) mass is 445 g/mol. The largest absolute Gasteiger partial charge is 0.354 e. The maximum absolute atomic E-state index is 12.8. The first-order valence-corrected chi connectivity index (χ1v) is 11.8. The molecule has 3 N–H and O–H groups in total. The highest BCUT2D eigenvalue weighted by Gasteiger charge is 2.20. The van der Waals surface area contributed by atoms with E-state index in [1.165, 1.54) is 6.07 Å². The van der Waals surface area contributed by atoms with E-state index in [-0.39, 0.29) is 40.4 Å². The first-order valence-electron chi connectivity index (χ1n) is 9.43. The molecule has 3 rings (SSSR count). The molecule has 0 aliphatic carbocycles. The van der Waals surface area contributed by atoms with Gasteiger partial charge in [-0.15, -0.1) is 11.3 Å². The fraction of sp³-hybridized carbons (Fsp3) is 0.238. The molecule has 158 valence electrons. The summed E-state index contributed by atoms with van der Waals surface area (Å²) in [5.41, 5.74) is 0.412. The Morgan fingerprint density at radius 1 is 0.967 bits per heavy atom. The van der Waals surface area contributed by atoms with Crippen molar-refractivity contribution in [2.24, 2.45) is 5.92 Å². The van der Waals surface area contributed by atoms with Crippen LogP contribution in [0.3, 0.4) is 0 Å². The summed E-state index contributed by atoms with van der Waals surface area (Å²) in [6, 6.07) is 13.9. The van der Waals surface area contributed by atoms with Gasteiger partial charge in [0.25, 0.3) is 15.9 Å². The predicted molar refractivity (Wildman–Crippen MR) is 119 cm³/mol. The Labute approximate surface area is 179 Å². The molecule has 0 unspecified atom stereocenters. The lowest BCUT2D eigenvalue weighted by Gasteiger charge is -2.14. The van der Waals surface area contributed by atoms with Crippen molar-refractivity contribution in [3.05, 3.63) is 59.5 Å². The molecule has 1 heterocycles. The Morgan fingerprint density at radius 2 is 1.63 bits per heavy atom. The molecule has 0 aliphatic rings. The van der Waals surface area contributed by atoms with Crippen molar-refractivity contribution in [2.75, 3.05) is 17.8 Å². The molecule has 2 amide bonds. The second-order valence-electron chi connectivity index (χ2n) is 6.98. The summed E-state index contributed by atoms with van der Waals surface area (Å²) in [6.07, 6.45) is 0. The lowest BCUT2D eigenvalue weighted by atomic mass is 10.0. The number of benzene rings is 2. The third-order valence-corrected chi connectivity index (χ3v) is 7.13. The number of thiophene rings is 1. The minimum Gasteiger partial charge on any atom is -0.354 e. The van der Waals surface area contributed by atoms with Crippen molar-refractivity contribution in [1.82, 2.24) is 10.6 Å². The molecular weight excluding hydrogens is 422 g/mol. The highest BCUT2D eigenvalue weighted by Crippen LogP contribution is 2.27. The van der Waals surface area contributed by atoms with Crippen molar-refractivity contribution < 1.29 is 18.0 Å². The number of carbonyl (C=O) groups is 2. The second kappa shape index (κ2) is 9.27. The van der Waals surface area contributed by atoms with Crippen molar-refractivity contribution >= 4 is 49.6 Å². The van der Waals surface area contributed by atoms with E-state index in [1.807, 2.05) is 24.3 Å². The zero-order valence-corrected chi connectivity index (χ0v) is 18.3. The van der Waals surface area contributed by atoms with Crippen molar-refractivity contribution in [3.8, 4) is 0 Å². The number of hydrogen-bond donors (Lipinski definition) is 3. The summed E-state index contributed by atoms with van der Waals surface area (Å²) in [4.78, 5) is 24.4. The molecule has 7 nitrogen and oxygen atoms in total. The topological polar surface area (TPSA) is 104 Å². The molecule has 1 aromatic heterocycles. The molecule has 0 aliphatic heterocycles. The maximum Gasteiger partial charge on any atom is 0.271 e. The fourth-order valence-corrected chi connectivity index (χ4v) is 4.85. The number of hydrogen-bond acceptors (Lipinski definition) is 5. The standard InChI is InChI=1S/C21H23N3O4S2/c1-14(2)20(25)22-9-10-23-21(26)17-12-15-6-3-4-7-16(15)13-18(17)24-30(27,28)19-8-5-11-29-19/h3-8,11-14,24H,9-10H2,1-2H3,(H,22,25)(H,23,26). The van der Waals surface area contributed by atoms with Gasteiger partial charge in [0, 0.05) is 19.0 Å². The summed E-state index contributed by atoms with van der Waals surface area (Å²) in [7, 11) is -3.81. The van der Waals surface area contributed by atoms with E-state index in [1.54, 1.807) is 37.4 Å². The predicted octanol–water partition coefficient (Wildman–Crippen LogP) is 3.20. The molecule has 0 spiro atoms. The number of carbonyl (C=O) groups excluding carboxylic acids is 2. The van der Waals surface area contributed by atoms with Crippen LogP contribution >= 0.6 is 11.3 Å². The van der Waals surface area contributed by atoms with Gasteiger partial charge in [0.1, 0.15) is 4.21 Å². The van der Waals surface area contributed by atoms with E-state index < -0.39 is 15.9 Å². The third kappa shape index (κ3) is 5.17. The van der Waals surface area contributed by atoms with Gasteiger partial charge in [-0.3, -0.25) is 14.3 Å². The Morgan fingerprint density at radius 3 is 2.27 bits per heavy atom. The Bertz CT molecular complexity index is 1160. The van der Waals surface area contributed by atoms with Crippen LogP contribution in [-0.2, 0) is 14.8 Å². The van der Waals surface area contributed by atoms with Crippen LogP contribution in [0.5, 0.6) is 0 Å². The maximum atomic E-state index is 12.8. The highest BCUT2D eigenvalue weighted by molar-refractivity contribution is 7.94. The minimum absolute atomic E-state index is 0.0978. The summed E-state index contributed by atoms with van der Waals surface area (Å²) < 4.78 is 28.1. The Kier molecular flexibility index (Phi) is 6.73. The smallest absolute Gasteiger partial charge is 0.271 e. The molecule has 9 heteroatoms. The van der Waals surface area contributed by atoms with Crippen LogP contribution in [0.15, 0.2) is 58.1 Å². The van der Waals surface area contributed by atoms with Gasteiger partial charge in [-0.25, -0.2) is 8.42 Å². The fourth-order valence-electron chi connectivity index (χ4n) is 2.79. The zero-order chi connectivity index (χ0) is 21.7. The molecule has 0 bridgehead atoms. The van der Waals surface area contributed by atoms with Gasteiger partial charge >= 0.3 is 0 Å². The molecule has 0 saturated heterocycles. The molecule has 3 aromatic rings. The Balaban J connectivity index is 1.84. The van der Waals surface area contributed by atoms with E-state index >= 15 is 0 Å². The highest BCUT2D eigenvalue weighted by atomic mass is 32.2. The lowest BCUT2D eigenvalue weighted by Crippen LogP contribution is -2.36. The van der Waals surface area contributed by atoms with Crippen LogP contribution < -0.4 is 15.4 Å². The quantitative estimate of drug-likeness (QED) is 0.463. The van der Waals surface area contributed by atoms with Crippen molar-refractivity contribution in [2.45, 2.75) is 18.1 Å². The molecular formula is C21H23N3O4S2. The molecule has 2 aromatic carbocycles. The van der Waals surface area contributed by atoms with Crippen LogP contribution in [0.4, 0.5) is 5.69 Å². The number of nitrogens with one attached hydrogen (secondary N) is 3. The van der Waals surface area contributed by atoms with E-state index in [2.05, 4.69) is 15.4 Å². The molecule has 30 heavy (non-hydrogen) atoms. The molecule has 0 radical (unpaired) electrons. The van der Waals surface area contributed by atoms with Gasteiger partial charge in [0.2, 0.25) is 5.91 Å². The number of sulfonamides is 1. The van der Waals surface area contributed by atoms with Crippen LogP contribution in [0, 0.1) is 5.92 Å². The Hall–Kier alpha value is -2.91. The average molecular weight is 446 g/mol. The van der Waals surface area contributed by atoms with E-state index in [0.717, 1.165) is 22.1 Å². The van der Waals surface area contributed by atoms with E-state index in [0.29, 0.717) is 0 Å². The first kappa shape index (κ1) is 21.8. The summed E-state index contributed by atoms with van der Waals surface area (Å²) >= 11 is 1.10. The summed E-state index contributed by atoms with van der Waals surface area (Å²) in [5.74, 6) is -0.665. The minimum atomic E-state index is -3.81. The summed E-state index contributed by atoms with van der Waals surface area (Å²) in [6.45, 7) is 4.08. The third-order valence-electron chi connectivity index (χ3n) is 4.37. The molecule has 0 saturated carbocycles. The van der Waals surface area contributed by atoms with Crippen molar-refractivity contribution in [1.29, 1.82) is 0 Å². The first-order chi connectivity index (χ1) is 14.3. The van der Waals surface area contributed by atoms with Gasteiger partial charge in [0.05, 0.1) is 11.3 Å². The number of fused-ring (bicyclic) bond motifs is 1. The van der Waals surface area contributed by atoms with Crippen LogP contribution in [-0.4, -0.2) is 33.3 Å². The molecule has 0 atom stereocenters. The SMILES string of the molecule is CC(C)C(=O)NCCNC(=O)c1cc2ccccc2cc1NS(=O)(=O)c1cccs1.